The summed E-state index contributed by atoms with van der Waals surface area (Å²) in [5.41, 5.74) is 6.37. The molecule has 0 spiro atoms. The number of hydrogen-bond donors (Lipinski definition) is 4. The number of aliphatic carboxylic acids is 2. The summed E-state index contributed by atoms with van der Waals surface area (Å²) in [7, 11) is 1.20. The largest absolute Gasteiger partial charge is 0.477 e. The number of benzene rings is 1. The number of nitrogens with one attached hydrogen (secondary N) is 1. The van der Waals surface area contributed by atoms with E-state index in [1.165, 1.54) is 28.9 Å². The van der Waals surface area contributed by atoms with Gasteiger partial charge in [-0.2, -0.15) is 0 Å². The number of carbonyl (C=O) groups excluding carboxylic acids is 2. The Hall–Kier alpha value is -5.02. The number of nitrogens with zero attached hydrogens (tertiary/aromatic N) is 8. The molecule has 1 unspecified atom stereocenters. The minimum absolute atomic E-state index is 0.0766. The molecule has 0 bridgehead atoms. The van der Waals surface area contributed by atoms with Gasteiger partial charge in [0.2, 0.25) is 5.16 Å². The van der Waals surface area contributed by atoms with Crippen LogP contribution in [0.2, 0.25) is 0 Å². The number of rotatable bonds is 14. The van der Waals surface area contributed by atoms with E-state index in [0.29, 0.717) is 5.57 Å². The van der Waals surface area contributed by atoms with Gasteiger partial charge in [0.05, 0.1) is 6.54 Å². The van der Waals surface area contributed by atoms with Crippen LogP contribution in [0.3, 0.4) is 0 Å². The van der Waals surface area contributed by atoms with E-state index >= 15 is 0 Å². The van der Waals surface area contributed by atoms with Crippen molar-refractivity contribution in [2.45, 2.75) is 29.7 Å². The Balaban J connectivity index is 1.28. The van der Waals surface area contributed by atoms with Crippen molar-refractivity contribution in [2.75, 3.05) is 24.3 Å². The van der Waals surface area contributed by atoms with Gasteiger partial charge in [-0.15, -0.1) is 28.2 Å². The Labute approximate surface area is 271 Å². The van der Waals surface area contributed by atoms with E-state index < -0.39 is 35.2 Å². The summed E-state index contributed by atoms with van der Waals surface area (Å²) in [4.78, 5) is 65.5. The standard InChI is InChI=1S/C25H24N10O8S3/c1-42-30-14(22(38)39)7-34-25(29-32-33-34)46-10-13-9-44-21-17(20(37)35(21)18(13)23(40)41)28-19(36)16(15-11-45-24(26)27-15)31-43-8-12-5-3-2-4-6-12/h2-6,11,17,21H,7-10H2,1H3,(H2,26,27)(H,28,36)(H,38,39)(H,40,41)/t17?,21-/m0/s1. The number of tetrazole rings is 1. The molecule has 0 aliphatic carbocycles. The third-order valence-corrected chi connectivity index (χ3v) is 9.43. The van der Waals surface area contributed by atoms with Gasteiger partial charge in [-0.05, 0) is 21.6 Å². The molecule has 5 rings (SSSR count). The summed E-state index contributed by atoms with van der Waals surface area (Å²) in [6.07, 6.45) is 0. The lowest BCUT2D eigenvalue weighted by Gasteiger charge is -2.49. The Morgan fingerprint density at radius 2 is 2.00 bits per heavy atom. The third kappa shape index (κ3) is 7.10. The minimum Gasteiger partial charge on any atom is -0.477 e. The second kappa shape index (κ2) is 14.4. The number of carboxylic acids is 2. The van der Waals surface area contributed by atoms with Gasteiger partial charge in [0.1, 0.15) is 36.5 Å². The van der Waals surface area contributed by atoms with Crippen LogP contribution < -0.4 is 11.1 Å². The molecule has 2 atom stereocenters. The molecule has 2 aliphatic rings. The highest BCUT2D eigenvalue weighted by atomic mass is 32.2. The lowest BCUT2D eigenvalue weighted by Crippen LogP contribution is -2.71. The van der Waals surface area contributed by atoms with E-state index in [2.05, 4.69) is 41.0 Å². The highest BCUT2D eigenvalue weighted by Gasteiger charge is 2.54. The van der Waals surface area contributed by atoms with E-state index in [9.17, 15) is 29.4 Å². The van der Waals surface area contributed by atoms with Crippen molar-refractivity contribution >= 4 is 75.2 Å². The predicted octanol–water partition coefficient (Wildman–Crippen LogP) is 0.251. The maximum atomic E-state index is 13.3. The van der Waals surface area contributed by atoms with Crippen LogP contribution in [0.4, 0.5) is 5.13 Å². The van der Waals surface area contributed by atoms with Crippen molar-refractivity contribution in [3.8, 4) is 0 Å². The first-order valence-electron chi connectivity index (χ1n) is 13.1. The number of hydrogen-bond acceptors (Lipinski definition) is 16. The van der Waals surface area contributed by atoms with Crippen LogP contribution in [-0.2, 0) is 42.0 Å². The summed E-state index contributed by atoms with van der Waals surface area (Å²) < 4.78 is 1.18. The fourth-order valence-electron chi connectivity index (χ4n) is 4.29. The number of fused-ring (bicyclic) bond motifs is 1. The van der Waals surface area contributed by atoms with Crippen LogP contribution in [0.15, 0.2) is 62.4 Å². The molecule has 2 amide bonds. The zero-order chi connectivity index (χ0) is 32.8. The number of thioether (sulfide) groups is 2. The fraction of sp³-hybridized carbons (Fsp3) is 0.280. The lowest BCUT2D eigenvalue weighted by atomic mass is 10.0. The molecule has 2 aliphatic heterocycles. The Morgan fingerprint density at radius 1 is 1.22 bits per heavy atom. The summed E-state index contributed by atoms with van der Waals surface area (Å²) in [5.74, 6) is -3.73. The summed E-state index contributed by atoms with van der Waals surface area (Å²) in [5, 5.41) is 41.8. The van der Waals surface area contributed by atoms with Crippen molar-refractivity contribution in [3.05, 3.63) is 58.2 Å². The monoisotopic (exact) mass is 688 g/mol. The molecule has 2 aromatic heterocycles. The number of nitrogen functional groups attached to an aromatic ring is 1. The average molecular weight is 689 g/mol. The topological polar surface area (TPSA) is 250 Å². The van der Waals surface area contributed by atoms with Gasteiger partial charge in [0, 0.05) is 16.9 Å². The zero-order valence-electron chi connectivity index (χ0n) is 23.7. The maximum Gasteiger partial charge on any atom is 0.355 e. The second-order valence-corrected chi connectivity index (χ2v) is 12.3. The van der Waals surface area contributed by atoms with Crippen molar-refractivity contribution in [1.29, 1.82) is 0 Å². The second-order valence-electron chi connectivity index (χ2n) is 9.32. The molecule has 0 saturated carbocycles. The number of carboxylic acid groups (broad SMARTS) is 2. The van der Waals surface area contributed by atoms with Crippen molar-refractivity contribution < 1.29 is 39.1 Å². The lowest BCUT2D eigenvalue weighted by molar-refractivity contribution is -0.150. The van der Waals surface area contributed by atoms with Crippen LogP contribution in [-0.4, -0.2) is 106 Å². The van der Waals surface area contributed by atoms with Crippen LogP contribution in [0.5, 0.6) is 0 Å². The van der Waals surface area contributed by atoms with Gasteiger partial charge in [0.15, 0.2) is 16.6 Å². The molecule has 0 radical (unpaired) electrons. The Kier molecular flexibility index (Phi) is 10.1. The molecule has 1 fully saturated rings. The highest BCUT2D eigenvalue weighted by Crippen LogP contribution is 2.41. The summed E-state index contributed by atoms with van der Waals surface area (Å²) in [6.45, 7) is -0.227. The van der Waals surface area contributed by atoms with Crippen LogP contribution in [0.1, 0.15) is 11.3 Å². The fourth-order valence-corrected chi connectivity index (χ4v) is 7.20. The van der Waals surface area contributed by atoms with Crippen LogP contribution >= 0.6 is 34.9 Å². The first-order chi connectivity index (χ1) is 22.2. The first-order valence-corrected chi connectivity index (χ1v) is 16.0. The zero-order valence-corrected chi connectivity index (χ0v) is 26.1. The molecule has 1 saturated heterocycles. The third-order valence-electron chi connectivity index (χ3n) is 6.37. The number of amides is 2. The van der Waals surface area contributed by atoms with Gasteiger partial charge in [-0.3, -0.25) is 14.5 Å². The van der Waals surface area contributed by atoms with Crippen LogP contribution in [0, 0.1) is 0 Å². The average Bonchev–Trinajstić information content (AvgIpc) is 3.68. The Morgan fingerprint density at radius 3 is 2.67 bits per heavy atom. The number of aromatic nitrogens is 5. The number of nitrogens with two attached hydrogens (primary N) is 1. The van der Waals surface area contributed by atoms with Crippen molar-refractivity contribution in [2.24, 2.45) is 10.3 Å². The number of anilines is 1. The van der Waals surface area contributed by atoms with Crippen molar-refractivity contribution in [3.63, 3.8) is 0 Å². The predicted molar refractivity (Wildman–Crippen MR) is 165 cm³/mol. The molecular weight excluding hydrogens is 665 g/mol. The van der Waals surface area contributed by atoms with Gasteiger partial charge in [-0.25, -0.2) is 19.3 Å². The molecule has 21 heteroatoms. The van der Waals surface area contributed by atoms with Gasteiger partial charge in [0.25, 0.3) is 11.8 Å². The summed E-state index contributed by atoms with van der Waals surface area (Å²) in [6, 6.07) is 8.12. The van der Waals surface area contributed by atoms with Gasteiger partial charge < -0.3 is 30.9 Å². The Bertz CT molecular complexity index is 1740. The first kappa shape index (κ1) is 32.4. The molecule has 18 nitrogen and oxygen atoms in total. The van der Waals surface area contributed by atoms with E-state index in [1.54, 1.807) is 0 Å². The normalized spacial score (nSPS) is 18.1. The molecule has 1 aromatic carbocycles. The molecular formula is C25H24N10O8S3. The van der Waals surface area contributed by atoms with E-state index in [-0.39, 0.29) is 57.8 Å². The summed E-state index contributed by atoms with van der Waals surface area (Å²) >= 11 is 3.42. The molecule has 3 aromatic rings. The van der Waals surface area contributed by atoms with Gasteiger partial charge in [-0.1, -0.05) is 52.4 Å². The number of carbonyl (C=O) groups is 4. The molecule has 5 N–H and O–H groups in total. The molecule has 4 heterocycles. The van der Waals surface area contributed by atoms with E-state index in [1.807, 2.05) is 30.3 Å². The van der Waals surface area contributed by atoms with E-state index in [0.717, 1.165) is 33.6 Å². The van der Waals surface area contributed by atoms with Crippen LogP contribution in [0.25, 0.3) is 0 Å². The number of β-lactam (4-membered cyclic amide) rings is 1. The quantitative estimate of drug-likeness (QED) is 0.0767. The van der Waals surface area contributed by atoms with Crippen molar-refractivity contribution in [1.82, 2.24) is 35.4 Å². The number of oxime groups is 2. The smallest absolute Gasteiger partial charge is 0.355 e. The van der Waals surface area contributed by atoms with Gasteiger partial charge >= 0.3 is 11.9 Å². The molecule has 46 heavy (non-hydrogen) atoms. The minimum atomic E-state index is -1.33. The SMILES string of the molecule is CON=C(Cn1nnnc1SCC1=C(C(=O)O)N2C(=O)C(NC(=O)C(=NOCc3ccccc3)c3csc(N)n3)[C@@H]2SC1)C(=O)O. The van der Waals surface area contributed by atoms with E-state index in [4.69, 9.17) is 10.6 Å². The maximum absolute atomic E-state index is 13.3. The molecule has 240 valence electrons. The highest BCUT2D eigenvalue weighted by molar-refractivity contribution is 8.01. The number of thiazole rings is 1.